The molecule has 1 N–H and O–H groups in total. The summed E-state index contributed by atoms with van der Waals surface area (Å²) in [4.78, 5) is 0. The maximum atomic E-state index is 5.11. The molecule has 0 unspecified atom stereocenters. The van der Waals surface area contributed by atoms with Crippen molar-refractivity contribution in [2.24, 2.45) is 0 Å². The normalized spacial score (nSPS) is 12.0. The van der Waals surface area contributed by atoms with E-state index in [9.17, 15) is 0 Å². The maximum Gasteiger partial charge on any atom is 0.514 e. The second kappa shape index (κ2) is 4.81. The molecule has 62 valence electrons. The van der Waals surface area contributed by atoms with Crippen LogP contribution in [0.25, 0.3) is 0 Å². The molecule has 10 heavy (non-hydrogen) atoms. The van der Waals surface area contributed by atoms with Gasteiger partial charge in [0.2, 0.25) is 0 Å². The molecule has 0 fully saturated rings. The van der Waals surface area contributed by atoms with Crippen molar-refractivity contribution in [2.75, 3.05) is 34.5 Å². The van der Waals surface area contributed by atoms with Gasteiger partial charge in [0.1, 0.15) is 0 Å². The minimum absolute atomic E-state index is 0.635. The molecule has 0 aromatic carbocycles. The van der Waals surface area contributed by atoms with Crippen LogP contribution in [0.4, 0.5) is 0 Å². The molecule has 0 aliphatic carbocycles. The van der Waals surface area contributed by atoms with Crippen molar-refractivity contribution in [2.45, 2.75) is 0 Å². The molecule has 0 aliphatic heterocycles. The lowest BCUT2D eigenvalue weighted by Gasteiger charge is -2.23. The first-order chi connectivity index (χ1) is 4.74. The lowest BCUT2D eigenvalue weighted by atomic mass is 11.3. The molecule has 0 spiro atoms. The van der Waals surface area contributed by atoms with Crippen LogP contribution in [0.5, 0.6) is 0 Å². The van der Waals surface area contributed by atoms with Gasteiger partial charge in [-0.25, -0.2) is 0 Å². The predicted octanol–water partition coefficient (Wildman–Crippen LogP) is -0.377. The number of nitrogens with one attached hydrogen (secondary N) is 1. The van der Waals surface area contributed by atoms with E-state index in [1.807, 2.05) is 7.05 Å². The first kappa shape index (κ1) is 10.1. The Morgan fingerprint density at radius 1 is 1.10 bits per heavy atom. The third-order valence-electron chi connectivity index (χ3n) is 1.33. The molecule has 4 nitrogen and oxygen atoms in total. The Bertz CT molecular complexity index is 78.7. The van der Waals surface area contributed by atoms with Crippen molar-refractivity contribution in [1.82, 2.24) is 5.32 Å². The smallest absolute Gasteiger partial charge is 0.376 e. The number of rotatable bonds is 5. The van der Waals surface area contributed by atoms with E-state index >= 15 is 0 Å². The van der Waals surface area contributed by atoms with Gasteiger partial charge in [-0.3, -0.25) is 0 Å². The molecule has 0 aromatic rings. The van der Waals surface area contributed by atoms with Crippen LogP contribution in [0.1, 0.15) is 0 Å². The lowest BCUT2D eigenvalue weighted by molar-refractivity contribution is 0.123. The molecule has 0 saturated carbocycles. The molecule has 5 heteroatoms. The van der Waals surface area contributed by atoms with E-state index in [1.54, 1.807) is 21.3 Å². The highest BCUT2D eigenvalue weighted by Gasteiger charge is 2.36. The number of hydrogen-bond donors (Lipinski definition) is 1. The third-order valence-corrected chi connectivity index (χ3v) is 3.98. The van der Waals surface area contributed by atoms with Crippen molar-refractivity contribution >= 4 is 8.80 Å². The Balaban J connectivity index is 3.87. The summed E-state index contributed by atoms with van der Waals surface area (Å²) in [6.45, 7) is 0. The van der Waals surface area contributed by atoms with Crippen LogP contribution in [0.15, 0.2) is 0 Å². The SMILES string of the molecule is CNC[Si](OC)(OC)OC. The Morgan fingerprint density at radius 2 is 1.50 bits per heavy atom. The minimum Gasteiger partial charge on any atom is -0.376 e. The van der Waals surface area contributed by atoms with E-state index in [1.165, 1.54) is 0 Å². The molecule has 0 aliphatic rings. The molecule has 0 rings (SSSR count). The van der Waals surface area contributed by atoms with Gasteiger partial charge in [-0.2, -0.15) is 0 Å². The zero-order valence-corrected chi connectivity index (χ0v) is 7.93. The van der Waals surface area contributed by atoms with Gasteiger partial charge >= 0.3 is 8.80 Å². The van der Waals surface area contributed by atoms with Gasteiger partial charge < -0.3 is 18.6 Å². The second-order valence-corrected chi connectivity index (χ2v) is 4.77. The fraction of sp³-hybridized carbons (Fsp3) is 1.00. The molecule has 0 aromatic heterocycles. The molecular formula is C5H15NO3Si. The average Bonchev–Trinajstić information content (AvgIpc) is 2.01. The average molecular weight is 165 g/mol. The number of hydrogen-bond acceptors (Lipinski definition) is 4. The van der Waals surface area contributed by atoms with Gasteiger partial charge in [0.15, 0.2) is 0 Å². The third kappa shape index (κ3) is 2.35. The summed E-state index contributed by atoms with van der Waals surface area (Å²) < 4.78 is 15.3. The van der Waals surface area contributed by atoms with E-state index in [2.05, 4.69) is 5.32 Å². The van der Waals surface area contributed by atoms with E-state index < -0.39 is 8.80 Å². The van der Waals surface area contributed by atoms with Crippen molar-refractivity contribution in [3.8, 4) is 0 Å². The Labute approximate surface area is 62.8 Å². The summed E-state index contributed by atoms with van der Waals surface area (Å²) in [5.41, 5.74) is 0. The van der Waals surface area contributed by atoms with Gasteiger partial charge in [0.05, 0.1) is 6.17 Å². The van der Waals surface area contributed by atoms with Crippen LogP contribution in [-0.2, 0) is 13.3 Å². The van der Waals surface area contributed by atoms with Crippen molar-refractivity contribution < 1.29 is 13.3 Å². The van der Waals surface area contributed by atoms with Gasteiger partial charge in [0, 0.05) is 21.3 Å². The van der Waals surface area contributed by atoms with Crippen molar-refractivity contribution in [1.29, 1.82) is 0 Å². The molecule has 0 bridgehead atoms. The highest BCUT2D eigenvalue weighted by molar-refractivity contribution is 6.60. The summed E-state index contributed by atoms with van der Waals surface area (Å²) in [5.74, 6) is 0. The summed E-state index contributed by atoms with van der Waals surface area (Å²) >= 11 is 0. The van der Waals surface area contributed by atoms with Crippen molar-refractivity contribution in [3.05, 3.63) is 0 Å². The van der Waals surface area contributed by atoms with E-state index in [0.29, 0.717) is 6.17 Å². The predicted molar refractivity (Wildman–Crippen MR) is 40.7 cm³/mol. The summed E-state index contributed by atoms with van der Waals surface area (Å²) in [6.07, 6.45) is 0.635. The van der Waals surface area contributed by atoms with Crippen LogP contribution in [0.3, 0.4) is 0 Å². The quantitative estimate of drug-likeness (QED) is 0.564. The monoisotopic (exact) mass is 165 g/mol. The minimum atomic E-state index is -2.33. The first-order valence-corrected chi connectivity index (χ1v) is 4.98. The molecule has 0 heterocycles. The zero-order chi connectivity index (χ0) is 8.04. The zero-order valence-electron chi connectivity index (χ0n) is 6.93. The van der Waals surface area contributed by atoms with Crippen LogP contribution >= 0.6 is 0 Å². The highest BCUT2D eigenvalue weighted by Crippen LogP contribution is 2.02. The largest absolute Gasteiger partial charge is 0.514 e. The lowest BCUT2D eigenvalue weighted by Crippen LogP contribution is -2.51. The Kier molecular flexibility index (Phi) is 4.84. The van der Waals surface area contributed by atoms with Gasteiger partial charge in [-0.15, -0.1) is 0 Å². The Morgan fingerprint density at radius 3 is 1.60 bits per heavy atom. The molecule has 0 atom stereocenters. The fourth-order valence-corrected chi connectivity index (χ4v) is 2.05. The summed E-state index contributed by atoms with van der Waals surface area (Å²) in [5, 5.41) is 2.95. The molecular weight excluding hydrogens is 150 g/mol. The second-order valence-electron chi connectivity index (χ2n) is 1.83. The van der Waals surface area contributed by atoms with Crippen LogP contribution in [0, 0.1) is 0 Å². The van der Waals surface area contributed by atoms with Crippen LogP contribution in [-0.4, -0.2) is 43.3 Å². The van der Waals surface area contributed by atoms with E-state index in [4.69, 9.17) is 13.3 Å². The van der Waals surface area contributed by atoms with E-state index in [-0.39, 0.29) is 0 Å². The highest BCUT2D eigenvalue weighted by atomic mass is 28.4. The Hall–Kier alpha value is 0.0569. The summed E-state index contributed by atoms with van der Waals surface area (Å²) in [6, 6.07) is 0. The fourth-order valence-electron chi connectivity index (χ4n) is 0.683. The van der Waals surface area contributed by atoms with Crippen LogP contribution < -0.4 is 5.32 Å². The first-order valence-electron chi connectivity index (χ1n) is 3.04. The van der Waals surface area contributed by atoms with Crippen molar-refractivity contribution in [3.63, 3.8) is 0 Å². The van der Waals surface area contributed by atoms with Crippen LogP contribution in [0.2, 0.25) is 0 Å². The standard InChI is InChI=1S/C5H15NO3Si/c1-6-5-10(7-2,8-3)9-4/h6H,5H2,1-4H3. The van der Waals surface area contributed by atoms with Gasteiger partial charge in [-0.05, 0) is 7.05 Å². The summed E-state index contributed by atoms with van der Waals surface area (Å²) in [7, 11) is 4.29. The molecule has 0 saturated heterocycles. The topological polar surface area (TPSA) is 39.7 Å². The van der Waals surface area contributed by atoms with E-state index in [0.717, 1.165) is 0 Å². The maximum absolute atomic E-state index is 5.11. The molecule has 0 amide bonds. The molecule has 0 radical (unpaired) electrons. The van der Waals surface area contributed by atoms with Gasteiger partial charge in [-0.1, -0.05) is 0 Å². The van der Waals surface area contributed by atoms with Gasteiger partial charge in [0.25, 0.3) is 0 Å².